The Hall–Kier alpha value is -1.73. The number of ether oxygens (including phenoxy) is 1. The lowest BCUT2D eigenvalue weighted by molar-refractivity contribution is 0.00341. The van der Waals surface area contributed by atoms with Gasteiger partial charge in [-0.3, -0.25) is 4.40 Å². The van der Waals surface area contributed by atoms with Gasteiger partial charge in [0.25, 0.3) is 0 Å². The molecule has 1 saturated heterocycles. The first-order chi connectivity index (χ1) is 8.38. The Morgan fingerprint density at radius 1 is 1.53 bits per heavy atom. The highest BCUT2D eigenvalue weighted by Gasteiger charge is 2.22. The van der Waals surface area contributed by atoms with Crippen molar-refractivity contribution in [3.8, 4) is 0 Å². The number of rotatable bonds is 2. The fraction of sp³-hybridized carbons (Fsp3) is 0.500. The van der Waals surface area contributed by atoms with Crippen molar-refractivity contribution < 1.29 is 9.84 Å². The number of nitrogens with zero attached hydrogens (tertiary/aromatic N) is 5. The Bertz CT molecular complexity index is 514. The maximum Gasteiger partial charge on any atom is 0.203 e. The molecule has 0 aliphatic carbocycles. The van der Waals surface area contributed by atoms with Gasteiger partial charge >= 0.3 is 0 Å². The first-order valence-electron chi connectivity index (χ1n) is 5.50. The largest absolute Gasteiger partial charge is 0.394 e. The smallest absolute Gasteiger partial charge is 0.203 e. The van der Waals surface area contributed by atoms with Crippen LogP contribution < -0.4 is 4.90 Å². The summed E-state index contributed by atoms with van der Waals surface area (Å²) in [5, 5.41) is 17.0. The molecule has 1 aliphatic heterocycles. The zero-order valence-corrected chi connectivity index (χ0v) is 9.23. The number of hydrogen-bond acceptors (Lipinski definition) is 6. The van der Waals surface area contributed by atoms with Gasteiger partial charge < -0.3 is 14.7 Å². The third-order valence-electron chi connectivity index (χ3n) is 2.84. The Morgan fingerprint density at radius 3 is 3.35 bits per heavy atom. The molecule has 1 aliphatic rings. The van der Waals surface area contributed by atoms with Gasteiger partial charge in [0.2, 0.25) is 5.65 Å². The van der Waals surface area contributed by atoms with E-state index in [1.165, 1.54) is 0 Å². The molecule has 7 nitrogen and oxygen atoms in total. The highest BCUT2D eigenvalue weighted by atomic mass is 16.5. The standard InChI is InChI=1S/C10H13N5O2/c16-6-8-5-14(3-4-17-8)9-10-13-12-7-15(10)2-1-11-9/h1-2,7-8,16H,3-6H2. The van der Waals surface area contributed by atoms with Gasteiger partial charge in [-0.25, -0.2) is 4.98 Å². The Labute approximate surface area is 97.7 Å². The van der Waals surface area contributed by atoms with Gasteiger partial charge in [0, 0.05) is 25.5 Å². The molecule has 2 aromatic heterocycles. The first-order valence-corrected chi connectivity index (χ1v) is 5.50. The van der Waals surface area contributed by atoms with Crippen LogP contribution in [-0.4, -0.2) is 57.1 Å². The van der Waals surface area contributed by atoms with Crippen LogP contribution in [0.15, 0.2) is 18.7 Å². The van der Waals surface area contributed by atoms with Crippen LogP contribution in [0.25, 0.3) is 5.65 Å². The lowest BCUT2D eigenvalue weighted by Crippen LogP contribution is -2.44. The molecule has 0 amide bonds. The van der Waals surface area contributed by atoms with E-state index < -0.39 is 0 Å². The topological polar surface area (TPSA) is 75.8 Å². The van der Waals surface area contributed by atoms with Crippen molar-refractivity contribution in [1.29, 1.82) is 0 Å². The first kappa shape index (κ1) is 10.4. The highest BCUT2D eigenvalue weighted by molar-refractivity contribution is 5.63. The molecular weight excluding hydrogens is 222 g/mol. The second-order valence-corrected chi connectivity index (χ2v) is 3.93. The summed E-state index contributed by atoms with van der Waals surface area (Å²) >= 11 is 0. The van der Waals surface area contributed by atoms with E-state index in [4.69, 9.17) is 9.84 Å². The van der Waals surface area contributed by atoms with Crippen LogP contribution in [0, 0.1) is 0 Å². The molecule has 1 fully saturated rings. The molecule has 1 atom stereocenters. The summed E-state index contributed by atoms with van der Waals surface area (Å²) in [6, 6.07) is 0. The fourth-order valence-corrected chi connectivity index (χ4v) is 1.99. The summed E-state index contributed by atoms with van der Waals surface area (Å²) in [6.07, 6.45) is 5.01. The lowest BCUT2D eigenvalue weighted by atomic mass is 10.3. The predicted molar refractivity (Wildman–Crippen MR) is 59.8 cm³/mol. The van der Waals surface area contributed by atoms with Gasteiger partial charge in [-0.05, 0) is 0 Å². The number of anilines is 1. The predicted octanol–water partition coefficient (Wildman–Crippen LogP) is -0.678. The minimum atomic E-state index is -0.159. The molecule has 0 spiro atoms. The van der Waals surface area contributed by atoms with E-state index >= 15 is 0 Å². The van der Waals surface area contributed by atoms with Gasteiger partial charge in [-0.2, -0.15) is 0 Å². The van der Waals surface area contributed by atoms with Gasteiger partial charge in [-0.1, -0.05) is 0 Å². The Kier molecular flexibility index (Phi) is 2.62. The number of aliphatic hydroxyl groups excluding tert-OH is 1. The summed E-state index contributed by atoms with van der Waals surface area (Å²) < 4.78 is 7.24. The van der Waals surface area contributed by atoms with Crippen LogP contribution in [0.1, 0.15) is 0 Å². The number of aromatic nitrogens is 4. The molecule has 90 valence electrons. The van der Waals surface area contributed by atoms with Gasteiger partial charge in [0.15, 0.2) is 5.82 Å². The monoisotopic (exact) mass is 235 g/mol. The Balaban J connectivity index is 1.94. The minimum Gasteiger partial charge on any atom is -0.394 e. The average molecular weight is 235 g/mol. The van der Waals surface area contributed by atoms with Crippen LogP contribution in [0.5, 0.6) is 0 Å². The number of fused-ring (bicyclic) bond motifs is 1. The maximum absolute atomic E-state index is 9.12. The maximum atomic E-state index is 9.12. The molecule has 0 aromatic carbocycles. The van der Waals surface area contributed by atoms with E-state index in [0.717, 1.165) is 18.0 Å². The van der Waals surface area contributed by atoms with E-state index in [2.05, 4.69) is 20.1 Å². The molecular formula is C10H13N5O2. The number of aliphatic hydroxyl groups is 1. The third-order valence-corrected chi connectivity index (χ3v) is 2.84. The van der Waals surface area contributed by atoms with E-state index in [0.29, 0.717) is 13.2 Å². The van der Waals surface area contributed by atoms with Crippen molar-refractivity contribution in [2.75, 3.05) is 31.2 Å². The lowest BCUT2D eigenvalue weighted by Gasteiger charge is -2.32. The quantitative estimate of drug-likeness (QED) is 0.743. The van der Waals surface area contributed by atoms with Crippen LogP contribution in [0.3, 0.4) is 0 Å². The number of hydrogen-bond donors (Lipinski definition) is 1. The van der Waals surface area contributed by atoms with Crippen molar-refractivity contribution in [2.45, 2.75) is 6.10 Å². The molecule has 0 saturated carbocycles. The van der Waals surface area contributed by atoms with Crippen molar-refractivity contribution in [3.63, 3.8) is 0 Å². The fourth-order valence-electron chi connectivity index (χ4n) is 1.99. The summed E-state index contributed by atoms with van der Waals surface area (Å²) in [5.41, 5.74) is 0.728. The van der Waals surface area contributed by atoms with Gasteiger partial charge in [0.1, 0.15) is 6.33 Å². The second kappa shape index (κ2) is 4.27. The molecule has 2 aromatic rings. The van der Waals surface area contributed by atoms with Gasteiger partial charge in [0.05, 0.1) is 19.3 Å². The molecule has 7 heteroatoms. The van der Waals surface area contributed by atoms with E-state index in [9.17, 15) is 0 Å². The highest BCUT2D eigenvalue weighted by Crippen LogP contribution is 2.18. The second-order valence-electron chi connectivity index (χ2n) is 3.93. The molecule has 3 rings (SSSR count). The van der Waals surface area contributed by atoms with Crippen molar-refractivity contribution in [2.24, 2.45) is 0 Å². The zero-order valence-electron chi connectivity index (χ0n) is 9.23. The summed E-state index contributed by atoms with van der Waals surface area (Å²) in [5.74, 6) is 0.784. The molecule has 0 radical (unpaired) electrons. The molecule has 17 heavy (non-hydrogen) atoms. The van der Waals surface area contributed by atoms with Crippen molar-refractivity contribution >= 4 is 11.5 Å². The van der Waals surface area contributed by atoms with Crippen LogP contribution in [0.2, 0.25) is 0 Å². The molecule has 3 heterocycles. The van der Waals surface area contributed by atoms with Crippen molar-refractivity contribution in [3.05, 3.63) is 18.7 Å². The van der Waals surface area contributed by atoms with Gasteiger partial charge in [-0.15, -0.1) is 10.2 Å². The van der Waals surface area contributed by atoms with E-state index in [-0.39, 0.29) is 12.7 Å². The minimum absolute atomic E-state index is 0.0201. The number of morpholine rings is 1. The zero-order chi connectivity index (χ0) is 11.7. The van der Waals surface area contributed by atoms with Crippen LogP contribution in [-0.2, 0) is 4.74 Å². The van der Waals surface area contributed by atoms with Crippen LogP contribution in [0.4, 0.5) is 5.82 Å². The molecule has 1 unspecified atom stereocenters. The van der Waals surface area contributed by atoms with Crippen LogP contribution >= 0.6 is 0 Å². The Morgan fingerprint density at radius 2 is 2.47 bits per heavy atom. The van der Waals surface area contributed by atoms with E-state index in [1.54, 1.807) is 12.5 Å². The normalized spacial score (nSPS) is 21.0. The summed E-state index contributed by atoms with van der Waals surface area (Å²) in [6.45, 7) is 1.97. The molecule has 0 bridgehead atoms. The summed E-state index contributed by atoms with van der Waals surface area (Å²) in [4.78, 5) is 6.40. The summed E-state index contributed by atoms with van der Waals surface area (Å²) in [7, 11) is 0. The molecule has 1 N–H and O–H groups in total. The third kappa shape index (κ3) is 1.83. The van der Waals surface area contributed by atoms with Crippen molar-refractivity contribution in [1.82, 2.24) is 19.6 Å². The van der Waals surface area contributed by atoms with E-state index in [1.807, 2.05) is 10.6 Å². The average Bonchev–Trinajstić information content (AvgIpc) is 2.87. The SMILES string of the molecule is OCC1CN(c2nccn3cnnc23)CCO1.